The lowest BCUT2D eigenvalue weighted by Gasteiger charge is -2.27. The van der Waals surface area contributed by atoms with Crippen molar-refractivity contribution in [2.75, 3.05) is 26.8 Å². The van der Waals surface area contributed by atoms with Crippen molar-refractivity contribution in [3.63, 3.8) is 0 Å². The Kier molecular flexibility index (Phi) is 5.83. The number of carbonyl (C=O) groups is 2. The summed E-state index contributed by atoms with van der Waals surface area (Å²) in [7, 11) is 1.58. The van der Waals surface area contributed by atoms with Crippen molar-refractivity contribution in [1.29, 1.82) is 0 Å². The minimum absolute atomic E-state index is 0.0181. The Hall–Kier alpha value is -1.10. The molecule has 1 saturated carbocycles. The number of hydrogen-bond acceptors (Lipinski definition) is 3. The molecule has 2 rings (SSSR count). The second kappa shape index (κ2) is 7.62. The quantitative estimate of drug-likeness (QED) is 0.799. The number of likely N-dealkylation sites (tertiary alicyclic amines) is 1. The van der Waals surface area contributed by atoms with Gasteiger partial charge >= 0.3 is 0 Å². The van der Waals surface area contributed by atoms with E-state index in [1.54, 1.807) is 7.11 Å². The van der Waals surface area contributed by atoms with E-state index in [4.69, 9.17) is 4.74 Å². The largest absolute Gasteiger partial charge is 0.384 e. The van der Waals surface area contributed by atoms with Gasteiger partial charge in [0.15, 0.2) is 0 Å². The highest BCUT2D eigenvalue weighted by molar-refractivity contribution is 5.82. The van der Waals surface area contributed by atoms with Gasteiger partial charge in [0.25, 0.3) is 0 Å². The van der Waals surface area contributed by atoms with Crippen LogP contribution in [0.15, 0.2) is 0 Å². The zero-order valence-electron chi connectivity index (χ0n) is 12.4. The van der Waals surface area contributed by atoms with Crippen LogP contribution in [0.5, 0.6) is 0 Å². The Morgan fingerprint density at radius 1 is 1.35 bits per heavy atom. The molecule has 2 aliphatic rings. The van der Waals surface area contributed by atoms with Crippen LogP contribution in [0.1, 0.15) is 44.9 Å². The van der Waals surface area contributed by atoms with E-state index in [0.717, 1.165) is 6.54 Å². The molecule has 0 aromatic rings. The molecule has 1 atom stereocenters. The summed E-state index contributed by atoms with van der Waals surface area (Å²) in [5.41, 5.74) is 0. The van der Waals surface area contributed by atoms with Crippen molar-refractivity contribution < 1.29 is 14.3 Å². The lowest BCUT2D eigenvalue weighted by atomic mass is 9.89. The van der Waals surface area contributed by atoms with Crippen LogP contribution in [-0.2, 0) is 14.3 Å². The second-order valence-electron chi connectivity index (χ2n) is 6.01. The van der Waals surface area contributed by atoms with E-state index >= 15 is 0 Å². The molecule has 0 radical (unpaired) electrons. The standard InChI is InChI=1S/C15H26N2O3/c1-20-8-7-14(18)16-13-9-15(19)17(11-13)10-12-5-3-2-4-6-12/h12-13H,2-11H2,1H3,(H,16,18)/t13-/m0/s1. The number of methoxy groups -OCH3 is 1. The number of carbonyl (C=O) groups excluding carboxylic acids is 2. The van der Waals surface area contributed by atoms with E-state index in [-0.39, 0.29) is 17.9 Å². The maximum Gasteiger partial charge on any atom is 0.224 e. The van der Waals surface area contributed by atoms with Crippen LogP contribution in [0.3, 0.4) is 0 Å². The average molecular weight is 282 g/mol. The topological polar surface area (TPSA) is 58.6 Å². The Bertz CT molecular complexity index is 340. The van der Waals surface area contributed by atoms with Crippen molar-refractivity contribution in [1.82, 2.24) is 10.2 Å². The molecule has 1 saturated heterocycles. The molecule has 2 amide bonds. The van der Waals surface area contributed by atoms with Crippen molar-refractivity contribution in [2.24, 2.45) is 5.92 Å². The number of amides is 2. The number of nitrogens with one attached hydrogen (secondary N) is 1. The monoisotopic (exact) mass is 282 g/mol. The summed E-state index contributed by atoms with van der Waals surface area (Å²) < 4.78 is 4.88. The minimum atomic E-state index is -0.0239. The zero-order valence-corrected chi connectivity index (χ0v) is 12.4. The summed E-state index contributed by atoms with van der Waals surface area (Å²) in [6.07, 6.45) is 7.23. The molecule has 1 heterocycles. The zero-order chi connectivity index (χ0) is 14.4. The highest BCUT2D eigenvalue weighted by Gasteiger charge is 2.32. The first-order valence-corrected chi connectivity index (χ1v) is 7.75. The van der Waals surface area contributed by atoms with E-state index in [1.807, 2.05) is 4.90 Å². The van der Waals surface area contributed by atoms with Crippen LogP contribution < -0.4 is 5.32 Å². The molecule has 1 aliphatic carbocycles. The van der Waals surface area contributed by atoms with Gasteiger partial charge in [-0.2, -0.15) is 0 Å². The van der Waals surface area contributed by atoms with Crippen LogP contribution in [0.25, 0.3) is 0 Å². The van der Waals surface area contributed by atoms with Gasteiger partial charge in [-0.1, -0.05) is 19.3 Å². The number of rotatable bonds is 6. The summed E-state index contributed by atoms with van der Waals surface area (Å²) in [6, 6.07) is -0.0181. The van der Waals surface area contributed by atoms with Gasteiger partial charge in [0, 0.05) is 33.0 Å². The van der Waals surface area contributed by atoms with Crippen LogP contribution in [0, 0.1) is 5.92 Å². The fraction of sp³-hybridized carbons (Fsp3) is 0.867. The van der Waals surface area contributed by atoms with Gasteiger partial charge in [-0.3, -0.25) is 9.59 Å². The molecule has 0 spiro atoms. The molecule has 5 heteroatoms. The molecule has 1 N–H and O–H groups in total. The highest BCUT2D eigenvalue weighted by Crippen LogP contribution is 2.26. The summed E-state index contributed by atoms with van der Waals surface area (Å²) >= 11 is 0. The van der Waals surface area contributed by atoms with Crippen molar-refractivity contribution in [3.8, 4) is 0 Å². The summed E-state index contributed by atoms with van der Waals surface area (Å²) in [4.78, 5) is 25.6. The first-order chi connectivity index (χ1) is 9.69. The molecule has 20 heavy (non-hydrogen) atoms. The van der Waals surface area contributed by atoms with Crippen LogP contribution in [0.4, 0.5) is 0 Å². The van der Waals surface area contributed by atoms with Gasteiger partial charge in [-0.15, -0.1) is 0 Å². The van der Waals surface area contributed by atoms with E-state index in [0.29, 0.717) is 31.9 Å². The van der Waals surface area contributed by atoms with Gasteiger partial charge in [-0.05, 0) is 18.8 Å². The Morgan fingerprint density at radius 2 is 2.10 bits per heavy atom. The molecule has 114 valence electrons. The first kappa shape index (κ1) is 15.3. The van der Waals surface area contributed by atoms with Crippen LogP contribution in [-0.4, -0.2) is 49.6 Å². The normalized spacial score (nSPS) is 24.1. The second-order valence-corrected chi connectivity index (χ2v) is 6.01. The third-order valence-corrected chi connectivity index (χ3v) is 4.32. The lowest BCUT2D eigenvalue weighted by Crippen LogP contribution is -2.38. The Balaban J connectivity index is 1.73. The lowest BCUT2D eigenvalue weighted by molar-refractivity contribution is -0.128. The number of ether oxygens (including phenoxy) is 1. The molecular formula is C15H26N2O3. The van der Waals surface area contributed by atoms with Crippen LogP contribution >= 0.6 is 0 Å². The summed E-state index contributed by atoms with van der Waals surface area (Å²) in [5.74, 6) is 0.826. The van der Waals surface area contributed by atoms with E-state index in [2.05, 4.69) is 5.32 Å². The Labute approximate surface area is 121 Å². The van der Waals surface area contributed by atoms with Crippen molar-refractivity contribution in [3.05, 3.63) is 0 Å². The predicted molar refractivity (Wildman–Crippen MR) is 76.2 cm³/mol. The average Bonchev–Trinajstić information content (AvgIpc) is 2.77. The van der Waals surface area contributed by atoms with Gasteiger partial charge < -0.3 is 15.0 Å². The summed E-state index contributed by atoms with van der Waals surface area (Å²) in [6.45, 7) is 1.98. The molecule has 0 aromatic heterocycles. The predicted octanol–water partition coefficient (Wildman–Crippen LogP) is 1.32. The van der Waals surface area contributed by atoms with Gasteiger partial charge in [0.05, 0.1) is 12.6 Å². The molecule has 5 nitrogen and oxygen atoms in total. The van der Waals surface area contributed by atoms with Crippen molar-refractivity contribution >= 4 is 11.8 Å². The van der Waals surface area contributed by atoms with Gasteiger partial charge in [-0.25, -0.2) is 0 Å². The smallest absolute Gasteiger partial charge is 0.224 e. The molecule has 0 aromatic carbocycles. The maximum atomic E-state index is 12.0. The SMILES string of the molecule is COCCC(=O)N[C@H]1CC(=O)N(CC2CCCCC2)C1. The number of nitrogens with zero attached hydrogens (tertiary/aromatic N) is 1. The molecule has 1 aliphatic heterocycles. The molecule has 0 bridgehead atoms. The van der Waals surface area contributed by atoms with Crippen LogP contribution in [0.2, 0.25) is 0 Å². The van der Waals surface area contributed by atoms with E-state index < -0.39 is 0 Å². The Morgan fingerprint density at radius 3 is 2.80 bits per heavy atom. The number of hydrogen-bond donors (Lipinski definition) is 1. The third kappa shape index (κ3) is 4.47. The van der Waals surface area contributed by atoms with E-state index in [1.165, 1.54) is 32.1 Å². The molecule has 2 fully saturated rings. The highest BCUT2D eigenvalue weighted by atomic mass is 16.5. The van der Waals surface area contributed by atoms with E-state index in [9.17, 15) is 9.59 Å². The summed E-state index contributed by atoms with van der Waals surface area (Å²) in [5, 5.41) is 2.93. The fourth-order valence-corrected chi connectivity index (χ4v) is 3.22. The van der Waals surface area contributed by atoms with Crippen molar-refractivity contribution in [2.45, 2.75) is 51.0 Å². The molecule has 0 unspecified atom stereocenters. The third-order valence-electron chi connectivity index (χ3n) is 4.32. The fourth-order valence-electron chi connectivity index (χ4n) is 3.22. The maximum absolute atomic E-state index is 12.0. The molecular weight excluding hydrogens is 256 g/mol. The van der Waals surface area contributed by atoms with Gasteiger partial charge in [0.2, 0.25) is 11.8 Å². The van der Waals surface area contributed by atoms with Gasteiger partial charge in [0.1, 0.15) is 0 Å². The minimum Gasteiger partial charge on any atom is -0.384 e. The first-order valence-electron chi connectivity index (χ1n) is 7.75.